The molecular formula is C17H14F2N4O. The third-order valence-electron chi connectivity index (χ3n) is 3.61. The van der Waals surface area contributed by atoms with Crippen molar-refractivity contribution in [2.75, 3.05) is 0 Å². The van der Waals surface area contributed by atoms with Crippen molar-refractivity contribution >= 4 is 5.91 Å². The van der Waals surface area contributed by atoms with Crippen molar-refractivity contribution in [1.82, 2.24) is 19.9 Å². The van der Waals surface area contributed by atoms with Gasteiger partial charge in [0, 0.05) is 37.4 Å². The average molecular weight is 328 g/mol. The molecule has 0 aliphatic carbocycles. The number of halogens is 2. The number of pyridine rings is 1. The van der Waals surface area contributed by atoms with Crippen molar-refractivity contribution < 1.29 is 13.6 Å². The molecule has 1 aromatic carbocycles. The van der Waals surface area contributed by atoms with Crippen LogP contribution in [0.4, 0.5) is 8.78 Å². The molecule has 2 heterocycles. The molecule has 0 radical (unpaired) electrons. The van der Waals surface area contributed by atoms with E-state index in [0.29, 0.717) is 17.0 Å². The summed E-state index contributed by atoms with van der Waals surface area (Å²) in [5, 5.41) is 2.80. The van der Waals surface area contributed by atoms with Crippen LogP contribution in [-0.2, 0) is 7.05 Å². The van der Waals surface area contributed by atoms with Gasteiger partial charge in [0.25, 0.3) is 5.91 Å². The predicted molar refractivity (Wildman–Crippen MR) is 83.1 cm³/mol. The molecule has 24 heavy (non-hydrogen) atoms. The maximum absolute atomic E-state index is 13.6. The van der Waals surface area contributed by atoms with Crippen molar-refractivity contribution in [3.8, 4) is 0 Å². The van der Waals surface area contributed by atoms with E-state index < -0.39 is 17.7 Å². The van der Waals surface area contributed by atoms with Crippen molar-refractivity contribution in [2.45, 2.75) is 6.04 Å². The number of amides is 1. The van der Waals surface area contributed by atoms with E-state index in [0.717, 1.165) is 12.1 Å². The first kappa shape index (κ1) is 15.8. The first-order valence-corrected chi connectivity index (χ1v) is 7.19. The Bertz CT molecular complexity index is 864. The molecule has 3 aromatic rings. The van der Waals surface area contributed by atoms with Gasteiger partial charge in [-0.05, 0) is 29.8 Å². The highest BCUT2D eigenvalue weighted by molar-refractivity contribution is 5.94. The van der Waals surface area contributed by atoms with Gasteiger partial charge in [0.15, 0.2) is 11.6 Å². The summed E-state index contributed by atoms with van der Waals surface area (Å²) in [5.74, 6) is -1.79. The van der Waals surface area contributed by atoms with Crippen molar-refractivity contribution in [3.05, 3.63) is 83.7 Å². The normalized spacial score (nSPS) is 12.0. The molecule has 122 valence electrons. The zero-order chi connectivity index (χ0) is 17.1. The second-order valence-corrected chi connectivity index (χ2v) is 5.21. The summed E-state index contributed by atoms with van der Waals surface area (Å²) in [7, 11) is 1.76. The lowest BCUT2D eigenvalue weighted by Crippen LogP contribution is -2.31. The van der Waals surface area contributed by atoms with Gasteiger partial charge in [0.1, 0.15) is 11.9 Å². The van der Waals surface area contributed by atoms with Crippen LogP contribution >= 0.6 is 0 Å². The second-order valence-electron chi connectivity index (χ2n) is 5.21. The largest absolute Gasteiger partial charge is 0.338 e. The summed E-state index contributed by atoms with van der Waals surface area (Å²) >= 11 is 0. The van der Waals surface area contributed by atoms with Crippen LogP contribution in [-0.4, -0.2) is 20.4 Å². The zero-order valence-corrected chi connectivity index (χ0v) is 12.8. The fourth-order valence-electron chi connectivity index (χ4n) is 2.36. The minimum Gasteiger partial charge on any atom is -0.338 e. The van der Waals surface area contributed by atoms with Gasteiger partial charge in [-0.3, -0.25) is 9.78 Å². The van der Waals surface area contributed by atoms with Crippen molar-refractivity contribution in [1.29, 1.82) is 0 Å². The second kappa shape index (κ2) is 6.57. The lowest BCUT2D eigenvalue weighted by atomic mass is 10.0. The number of carbonyl (C=O) groups is 1. The molecule has 1 N–H and O–H groups in total. The first-order valence-electron chi connectivity index (χ1n) is 7.19. The van der Waals surface area contributed by atoms with Gasteiger partial charge in [-0.2, -0.15) is 0 Å². The van der Waals surface area contributed by atoms with Crippen LogP contribution in [0.25, 0.3) is 0 Å². The first-order chi connectivity index (χ1) is 11.6. The van der Waals surface area contributed by atoms with Gasteiger partial charge in [-0.15, -0.1) is 0 Å². The summed E-state index contributed by atoms with van der Waals surface area (Å²) in [6.07, 6.45) is 6.28. The zero-order valence-electron chi connectivity index (χ0n) is 12.8. The number of imidazole rings is 1. The van der Waals surface area contributed by atoms with Crippen LogP contribution < -0.4 is 5.32 Å². The topological polar surface area (TPSA) is 59.8 Å². The van der Waals surface area contributed by atoms with E-state index in [9.17, 15) is 13.6 Å². The fourth-order valence-corrected chi connectivity index (χ4v) is 2.36. The summed E-state index contributed by atoms with van der Waals surface area (Å²) in [4.78, 5) is 20.5. The molecule has 5 nitrogen and oxygen atoms in total. The summed E-state index contributed by atoms with van der Waals surface area (Å²) in [6, 6.07) is 5.91. The molecule has 0 saturated carbocycles. The molecule has 0 bridgehead atoms. The number of rotatable bonds is 4. The maximum atomic E-state index is 13.6. The lowest BCUT2D eigenvalue weighted by molar-refractivity contribution is 0.0941. The number of nitrogens with one attached hydrogen (secondary N) is 1. The number of aromatic nitrogens is 3. The Morgan fingerprint density at radius 1 is 1.12 bits per heavy atom. The molecule has 7 heteroatoms. The number of benzene rings is 1. The van der Waals surface area contributed by atoms with E-state index in [2.05, 4.69) is 15.3 Å². The minimum atomic E-state index is -0.982. The van der Waals surface area contributed by atoms with Gasteiger partial charge < -0.3 is 9.88 Å². The Kier molecular flexibility index (Phi) is 4.33. The Labute approximate surface area is 137 Å². The standard InChI is InChI=1S/C17H14F2N4O/c1-23-9-8-21-16(23)15(12-2-3-13(18)14(19)10-12)22-17(24)11-4-6-20-7-5-11/h2-10,15H,1H3,(H,22,24)/t15-/m1/s1. The molecule has 2 aromatic heterocycles. The minimum absolute atomic E-state index is 0.366. The van der Waals surface area contributed by atoms with Crippen LogP contribution in [0.3, 0.4) is 0 Å². The fraction of sp³-hybridized carbons (Fsp3) is 0.118. The van der Waals surface area contributed by atoms with E-state index in [1.54, 1.807) is 36.1 Å². The third kappa shape index (κ3) is 3.15. The van der Waals surface area contributed by atoms with Crippen LogP contribution in [0.1, 0.15) is 27.8 Å². The summed E-state index contributed by atoms with van der Waals surface area (Å²) in [6.45, 7) is 0. The molecule has 0 aliphatic rings. The Balaban J connectivity index is 1.98. The smallest absolute Gasteiger partial charge is 0.252 e. The van der Waals surface area contributed by atoms with Crippen LogP contribution in [0.2, 0.25) is 0 Å². The number of aryl methyl sites for hydroxylation is 1. The molecule has 0 saturated heterocycles. The van der Waals surface area contributed by atoms with Gasteiger partial charge in [-0.25, -0.2) is 13.8 Å². The lowest BCUT2D eigenvalue weighted by Gasteiger charge is -2.19. The molecule has 0 aliphatic heterocycles. The van der Waals surface area contributed by atoms with E-state index in [4.69, 9.17) is 0 Å². The number of carbonyl (C=O) groups excluding carboxylic acids is 1. The van der Waals surface area contributed by atoms with Gasteiger partial charge in [0.2, 0.25) is 0 Å². The molecule has 1 amide bonds. The molecule has 3 rings (SSSR count). The Morgan fingerprint density at radius 3 is 2.50 bits per heavy atom. The molecular weight excluding hydrogens is 314 g/mol. The van der Waals surface area contributed by atoms with Crippen LogP contribution in [0.15, 0.2) is 55.1 Å². The van der Waals surface area contributed by atoms with Gasteiger partial charge >= 0.3 is 0 Å². The number of hydrogen-bond donors (Lipinski definition) is 1. The molecule has 0 unspecified atom stereocenters. The van der Waals surface area contributed by atoms with Crippen LogP contribution in [0, 0.1) is 11.6 Å². The molecule has 1 atom stereocenters. The van der Waals surface area contributed by atoms with Crippen LogP contribution in [0.5, 0.6) is 0 Å². The highest BCUT2D eigenvalue weighted by Crippen LogP contribution is 2.23. The third-order valence-corrected chi connectivity index (χ3v) is 3.61. The average Bonchev–Trinajstić information content (AvgIpc) is 3.01. The summed E-state index contributed by atoms with van der Waals surface area (Å²) in [5.41, 5.74) is 0.803. The monoisotopic (exact) mass is 328 g/mol. The summed E-state index contributed by atoms with van der Waals surface area (Å²) < 4.78 is 28.5. The highest BCUT2D eigenvalue weighted by Gasteiger charge is 2.22. The number of hydrogen-bond acceptors (Lipinski definition) is 3. The van der Waals surface area contributed by atoms with E-state index >= 15 is 0 Å². The van der Waals surface area contributed by atoms with E-state index in [-0.39, 0.29) is 5.91 Å². The van der Waals surface area contributed by atoms with Crippen molar-refractivity contribution in [2.24, 2.45) is 7.05 Å². The highest BCUT2D eigenvalue weighted by atomic mass is 19.2. The van der Waals surface area contributed by atoms with E-state index in [1.807, 2.05) is 0 Å². The Hall–Kier alpha value is -3.09. The van der Waals surface area contributed by atoms with Crippen molar-refractivity contribution in [3.63, 3.8) is 0 Å². The van der Waals surface area contributed by atoms with Gasteiger partial charge in [0.05, 0.1) is 0 Å². The SMILES string of the molecule is Cn1ccnc1[C@H](NC(=O)c1ccncc1)c1ccc(F)c(F)c1. The number of nitrogens with zero attached hydrogens (tertiary/aromatic N) is 3. The van der Waals surface area contributed by atoms with E-state index in [1.165, 1.54) is 18.5 Å². The predicted octanol–water partition coefficient (Wildman–Crippen LogP) is 2.61. The molecule has 0 spiro atoms. The molecule has 0 fully saturated rings. The quantitative estimate of drug-likeness (QED) is 0.801. The van der Waals surface area contributed by atoms with Gasteiger partial charge in [-0.1, -0.05) is 6.07 Å². The maximum Gasteiger partial charge on any atom is 0.252 e. The Morgan fingerprint density at radius 2 is 1.88 bits per heavy atom.